The number of alkyl halides is 1. The summed E-state index contributed by atoms with van der Waals surface area (Å²) in [7, 11) is 0. The molecule has 0 spiro atoms. The first-order valence-electron chi connectivity index (χ1n) is 13.0. The van der Waals surface area contributed by atoms with E-state index in [-0.39, 0.29) is 17.4 Å². The number of hydrogen-bond acceptors (Lipinski definition) is 1. The molecule has 0 unspecified atom stereocenters. The Bertz CT molecular complexity index is 704. The van der Waals surface area contributed by atoms with Crippen molar-refractivity contribution in [2.75, 3.05) is 13.3 Å². The second-order valence-electron chi connectivity index (χ2n) is 9.98. The maximum absolute atomic E-state index is 14.3. The van der Waals surface area contributed by atoms with Gasteiger partial charge in [0.25, 0.3) is 0 Å². The molecule has 2 fully saturated rings. The molecular formula is C28H41ClF2O. The molecule has 1 aromatic rings. The van der Waals surface area contributed by atoms with Crippen LogP contribution in [0.15, 0.2) is 18.2 Å². The van der Waals surface area contributed by atoms with Crippen molar-refractivity contribution >= 4 is 17.7 Å². The number of unbranched alkanes of at least 4 members (excludes halogenated alkanes) is 3. The Balaban J connectivity index is 1.41. The molecule has 0 N–H and O–H groups in total. The zero-order valence-electron chi connectivity index (χ0n) is 19.8. The summed E-state index contributed by atoms with van der Waals surface area (Å²) in [6, 6.07) is 3.29. The molecule has 1 nitrogen and oxygen atoms in total. The minimum atomic E-state index is -0.651. The van der Waals surface area contributed by atoms with E-state index in [1.807, 2.05) is 6.08 Å². The molecule has 0 amide bonds. The Morgan fingerprint density at radius 1 is 0.969 bits per heavy atom. The highest BCUT2D eigenvalue weighted by Gasteiger charge is 2.30. The summed E-state index contributed by atoms with van der Waals surface area (Å²) >= 11 is 6.18. The SMILES string of the molecule is CCCCCCC1CCC(C2CCC(/C=C/c3ccc(OCCF)c(F)c3Cl)CC2)CC1. The van der Waals surface area contributed by atoms with Crippen molar-refractivity contribution in [1.29, 1.82) is 0 Å². The first kappa shape index (κ1) is 25.5. The van der Waals surface area contributed by atoms with Gasteiger partial charge in [0.15, 0.2) is 11.6 Å². The van der Waals surface area contributed by atoms with E-state index in [1.54, 1.807) is 6.07 Å². The lowest BCUT2D eigenvalue weighted by Crippen LogP contribution is -2.25. The first-order chi connectivity index (χ1) is 15.6. The Kier molecular flexibility index (Phi) is 10.8. The average molecular weight is 467 g/mol. The third-order valence-electron chi connectivity index (χ3n) is 7.80. The molecule has 0 bridgehead atoms. The van der Waals surface area contributed by atoms with Gasteiger partial charge >= 0.3 is 0 Å². The zero-order valence-corrected chi connectivity index (χ0v) is 20.5. The summed E-state index contributed by atoms with van der Waals surface area (Å²) in [5, 5.41) is 0.0535. The fourth-order valence-corrected chi connectivity index (χ4v) is 6.01. The molecule has 0 radical (unpaired) electrons. The van der Waals surface area contributed by atoms with Crippen molar-refractivity contribution in [2.24, 2.45) is 23.7 Å². The first-order valence-corrected chi connectivity index (χ1v) is 13.3. The maximum Gasteiger partial charge on any atom is 0.184 e. The van der Waals surface area contributed by atoms with Crippen LogP contribution in [0.1, 0.15) is 96.0 Å². The number of benzene rings is 1. The van der Waals surface area contributed by atoms with Crippen molar-refractivity contribution in [3.05, 3.63) is 34.6 Å². The van der Waals surface area contributed by atoms with Crippen molar-refractivity contribution in [3.8, 4) is 5.75 Å². The molecule has 0 saturated heterocycles. The zero-order chi connectivity index (χ0) is 22.8. The molecule has 0 aliphatic heterocycles. The summed E-state index contributed by atoms with van der Waals surface area (Å²) in [4.78, 5) is 0. The van der Waals surface area contributed by atoms with Gasteiger partial charge in [0.05, 0.1) is 5.02 Å². The molecule has 0 aromatic heterocycles. The van der Waals surface area contributed by atoms with Crippen LogP contribution < -0.4 is 4.74 Å². The monoisotopic (exact) mass is 466 g/mol. The summed E-state index contributed by atoms with van der Waals surface area (Å²) in [6.45, 7) is 1.48. The molecule has 180 valence electrons. The van der Waals surface area contributed by atoms with Crippen molar-refractivity contribution in [2.45, 2.75) is 90.4 Å². The van der Waals surface area contributed by atoms with Gasteiger partial charge in [-0.3, -0.25) is 0 Å². The molecule has 4 heteroatoms. The topological polar surface area (TPSA) is 9.23 Å². The van der Waals surface area contributed by atoms with E-state index in [2.05, 4.69) is 13.0 Å². The van der Waals surface area contributed by atoms with Crippen LogP contribution >= 0.6 is 11.6 Å². The Hall–Kier alpha value is -1.09. The average Bonchev–Trinajstić information content (AvgIpc) is 2.83. The molecular weight excluding hydrogens is 426 g/mol. The van der Waals surface area contributed by atoms with Gasteiger partial charge in [0.1, 0.15) is 13.3 Å². The number of halogens is 3. The summed E-state index contributed by atoms with van der Waals surface area (Å²) in [6.07, 6.45) is 22.0. The van der Waals surface area contributed by atoms with Crippen LogP contribution in [0.2, 0.25) is 5.02 Å². The second-order valence-corrected chi connectivity index (χ2v) is 10.4. The van der Waals surface area contributed by atoms with Gasteiger partial charge in [-0.25, -0.2) is 8.78 Å². The quantitative estimate of drug-likeness (QED) is 0.295. The minimum Gasteiger partial charge on any atom is -0.488 e. The van der Waals surface area contributed by atoms with Crippen LogP contribution in [0.4, 0.5) is 8.78 Å². The van der Waals surface area contributed by atoms with Gasteiger partial charge in [0, 0.05) is 0 Å². The molecule has 2 saturated carbocycles. The summed E-state index contributed by atoms with van der Waals surface area (Å²) in [5.41, 5.74) is 0.663. The van der Waals surface area contributed by atoms with Crippen LogP contribution in [0, 0.1) is 29.5 Å². The Morgan fingerprint density at radius 3 is 2.31 bits per heavy atom. The molecule has 0 atom stereocenters. The lowest BCUT2D eigenvalue weighted by Gasteiger charge is -2.37. The van der Waals surface area contributed by atoms with Gasteiger partial charge in [-0.05, 0) is 79.9 Å². The molecule has 2 aliphatic rings. The standard InChI is InChI=1S/C28H41ClF2O/c1-2-3-4-5-6-21-7-12-23(13-8-21)24-14-9-22(10-15-24)11-16-25-17-18-26(32-20-19-30)28(31)27(25)29/h11,16-18,21-24H,2-10,12-15,19-20H2,1H3/b16-11+. The molecule has 0 heterocycles. The number of rotatable bonds is 11. The predicted octanol–water partition coefficient (Wildman–Crippen LogP) is 9.42. The van der Waals surface area contributed by atoms with Crippen LogP contribution in [0.25, 0.3) is 6.08 Å². The second kappa shape index (κ2) is 13.6. The van der Waals surface area contributed by atoms with Gasteiger partial charge < -0.3 is 4.74 Å². The predicted molar refractivity (Wildman–Crippen MR) is 132 cm³/mol. The van der Waals surface area contributed by atoms with E-state index in [4.69, 9.17) is 16.3 Å². The van der Waals surface area contributed by atoms with Crippen molar-refractivity contribution < 1.29 is 13.5 Å². The Labute approximate surface area is 199 Å². The number of ether oxygens (including phenoxy) is 1. The fourth-order valence-electron chi connectivity index (χ4n) is 5.79. The number of hydrogen-bond donors (Lipinski definition) is 0. The van der Waals surface area contributed by atoms with Gasteiger partial charge in [0.2, 0.25) is 0 Å². The maximum atomic E-state index is 14.3. The van der Waals surface area contributed by atoms with Crippen molar-refractivity contribution in [1.82, 2.24) is 0 Å². The van der Waals surface area contributed by atoms with E-state index in [0.29, 0.717) is 11.5 Å². The highest BCUT2D eigenvalue weighted by molar-refractivity contribution is 6.32. The number of allylic oxidation sites excluding steroid dienone is 1. The fraction of sp³-hybridized carbons (Fsp3) is 0.714. The van der Waals surface area contributed by atoms with E-state index < -0.39 is 12.5 Å². The summed E-state index contributed by atoms with van der Waals surface area (Å²) in [5.74, 6) is 2.78. The largest absolute Gasteiger partial charge is 0.488 e. The third-order valence-corrected chi connectivity index (χ3v) is 8.18. The molecule has 32 heavy (non-hydrogen) atoms. The Morgan fingerprint density at radius 2 is 1.66 bits per heavy atom. The normalized spacial score (nSPS) is 26.5. The van der Waals surface area contributed by atoms with E-state index in [0.717, 1.165) is 17.8 Å². The minimum absolute atomic E-state index is 0.0148. The van der Waals surface area contributed by atoms with Crippen LogP contribution in [-0.4, -0.2) is 13.3 Å². The van der Waals surface area contributed by atoms with Gasteiger partial charge in [-0.1, -0.05) is 75.6 Å². The highest BCUT2D eigenvalue weighted by atomic mass is 35.5. The lowest BCUT2D eigenvalue weighted by molar-refractivity contribution is 0.151. The van der Waals surface area contributed by atoms with Gasteiger partial charge in [-0.2, -0.15) is 0 Å². The molecule has 1 aromatic carbocycles. The van der Waals surface area contributed by atoms with Crippen LogP contribution in [-0.2, 0) is 0 Å². The van der Waals surface area contributed by atoms with Gasteiger partial charge in [-0.15, -0.1) is 0 Å². The van der Waals surface area contributed by atoms with E-state index in [1.165, 1.54) is 89.5 Å². The van der Waals surface area contributed by atoms with Crippen LogP contribution in [0.5, 0.6) is 5.75 Å². The molecule has 3 rings (SSSR count). The smallest absolute Gasteiger partial charge is 0.184 e. The van der Waals surface area contributed by atoms with Crippen molar-refractivity contribution in [3.63, 3.8) is 0 Å². The van der Waals surface area contributed by atoms with Crippen LogP contribution in [0.3, 0.4) is 0 Å². The van der Waals surface area contributed by atoms with E-state index in [9.17, 15) is 8.78 Å². The highest BCUT2D eigenvalue weighted by Crippen LogP contribution is 2.42. The lowest BCUT2D eigenvalue weighted by atomic mass is 9.68. The molecule has 2 aliphatic carbocycles. The van der Waals surface area contributed by atoms with E-state index >= 15 is 0 Å². The summed E-state index contributed by atoms with van der Waals surface area (Å²) < 4.78 is 31.6. The third kappa shape index (κ3) is 7.47.